The van der Waals surface area contributed by atoms with Crippen LogP contribution >= 0.6 is 11.8 Å². The Balaban J connectivity index is 1.72. The van der Waals surface area contributed by atoms with Gasteiger partial charge in [-0.15, -0.1) is 0 Å². The van der Waals surface area contributed by atoms with E-state index < -0.39 is 0 Å². The van der Waals surface area contributed by atoms with Gasteiger partial charge in [0.2, 0.25) is 0 Å². The quantitative estimate of drug-likeness (QED) is 0.402. The van der Waals surface area contributed by atoms with Crippen LogP contribution in [-0.4, -0.2) is 26.0 Å². The monoisotopic (exact) mass is 375 g/mol. The molecule has 4 rings (SSSR count). The molecule has 0 unspecified atom stereocenters. The lowest BCUT2D eigenvalue weighted by atomic mass is 10.1. The number of fused-ring (bicyclic) bond motifs is 1. The van der Waals surface area contributed by atoms with E-state index in [1.807, 2.05) is 17.1 Å². The van der Waals surface area contributed by atoms with Crippen LogP contribution in [0.3, 0.4) is 0 Å². The zero-order valence-corrected chi connectivity index (χ0v) is 16.4. The zero-order chi connectivity index (χ0) is 18.8. The molecule has 0 spiro atoms. The number of aryl methyl sites for hydroxylation is 2. The van der Waals surface area contributed by atoms with Gasteiger partial charge in [0.05, 0.1) is 17.3 Å². The molecule has 2 aromatic carbocycles. The van der Waals surface area contributed by atoms with Crippen molar-refractivity contribution in [3.63, 3.8) is 0 Å². The second-order valence-electron chi connectivity index (χ2n) is 6.53. The predicted molar refractivity (Wildman–Crippen MR) is 112 cm³/mol. The standard InChI is InChI=1S/C21H21N5S/c1-14-4-8-16(9-5-14)12-22-19-18-13-23-26(17-10-6-15(2)7-11-17)20(18)25-21(24-19)27-3/h4-11,13H,12H2,1-3H3,(H,22,24,25). The van der Waals surface area contributed by atoms with Crippen molar-refractivity contribution in [3.8, 4) is 5.69 Å². The van der Waals surface area contributed by atoms with Crippen LogP contribution < -0.4 is 5.32 Å². The van der Waals surface area contributed by atoms with E-state index in [4.69, 9.17) is 4.98 Å². The Kier molecular flexibility index (Phi) is 4.81. The highest BCUT2D eigenvalue weighted by Gasteiger charge is 2.14. The average Bonchev–Trinajstić information content (AvgIpc) is 3.12. The summed E-state index contributed by atoms with van der Waals surface area (Å²) in [6.07, 6.45) is 3.81. The highest BCUT2D eigenvalue weighted by Crippen LogP contribution is 2.26. The van der Waals surface area contributed by atoms with E-state index in [1.165, 1.54) is 28.5 Å². The Morgan fingerprint density at radius 2 is 1.59 bits per heavy atom. The first-order valence-corrected chi connectivity index (χ1v) is 10.0. The molecule has 5 nitrogen and oxygen atoms in total. The Morgan fingerprint density at radius 3 is 2.26 bits per heavy atom. The van der Waals surface area contributed by atoms with Gasteiger partial charge in [0.15, 0.2) is 10.8 Å². The number of hydrogen-bond donors (Lipinski definition) is 1. The molecule has 0 aliphatic rings. The fourth-order valence-electron chi connectivity index (χ4n) is 2.88. The van der Waals surface area contributed by atoms with E-state index in [0.29, 0.717) is 6.54 Å². The number of rotatable bonds is 5. The maximum absolute atomic E-state index is 4.69. The van der Waals surface area contributed by atoms with Crippen LogP contribution in [0.15, 0.2) is 59.9 Å². The molecule has 0 aliphatic carbocycles. The topological polar surface area (TPSA) is 55.6 Å². The number of hydrogen-bond acceptors (Lipinski definition) is 5. The van der Waals surface area contributed by atoms with Gasteiger partial charge in [-0.05, 0) is 37.8 Å². The van der Waals surface area contributed by atoms with Crippen molar-refractivity contribution < 1.29 is 0 Å². The van der Waals surface area contributed by atoms with Gasteiger partial charge in [0, 0.05) is 6.54 Å². The van der Waals surface area contributed by atoms with Crippen molar-refractivity contribution in [2.24, 2.45) is 0 Å². The van der Waals surface area contributed by atoms with Gasteiger partial charge in [-0.1, -0.05) is 59.3 Å². The number of aromatic nitrogens is 4. The van der Waals surface area contributed by atoms with Crippen molar-refractivity contribution >= 4 is 28.6 Å². The van der Waals surface area contributed by atoms with Crippen LogP contribution in [0.25, 0.3) is 16.7 Å². The van der Waals surface area contributed by atoms with E-state index in [2.05, 4.69) is 77.8 Å². The molecule has 1 N–H and O–H groups in total. The largest absolute Gasteiger partial charge is 0.365 e. The van der Waals surface area contributed by atoms with Gasteiger partial charge in [0.1, 0.15) is 5.82 Å². The molecule has 0 saturated heterocycles. The molecule has 0 aliphatic heterocycles. The molecule has 136 valence electrons. The maximum atomic E-state index is 4.69. The molecular weight excluding hydrogens is 354 g/mol. The van der Waals surface area contributed by atoms with Gasteiger partial charge in [0.25, 0.3) is 0 Å². The summed E-state index contributed by atoms with van der Waals surface area (Å²) < 4.78 is 1.87. The molecule has 2 aromatic heterocycles. The van der Waals surface area contributed by atoms with Crippen molar-refractivity contribution in [2.75, 3.05) is 11.6 Å². The third-order valence-corrected chi connectivity index (χ3v) is 5.00. The van der Waals surface area contributed by atoms with Crippen molar-refractivity contribution in [1.82, 2.24) is 19.7 Å². The molecule has 0 bridgehead atoms. The van der Waals surface area contributed by atoms with Crippen molar-refractivity contribution in [1.29, 1.82) is 0 Å². The molecule has 4 aromatic rings. The van der Waals surface area contributed by atoms with Gasteiger partial charge < -0.3 is 5.32 Å². The second kappa shape index (κ2) is 7.40. The first kappa shape index (κ1) is 17.5. The molecule has 6 heteroatoms. The summed E-state index contributed by atoms with van der Waals surface area (Å²) >= 11 is 1.53. The summed E-state index contributed by atoms with van der Waals surface area (Å²) in [7, 11) is 0. The van der Waals surface area contributed by atoms with Gasteiger partial charge in [-0.25, -0.2) is 14.6 Å². The third-order valence-electron chi connectivity index (χ3n) is 4.45. The number of benzene rings is 2. The average molecular weight is 376 g/mol. The molecule has 0 fully saturated rings. The highest BCUT2D eigenvalue weighted by atomic mass is 32.2. The number of thioether (sulfide) groups is 1. The summed E-state index contributed by atoms with van der Waals surface area (Å²) in [6, 6.07) is 16.8. The second-order valence-corrected chi connectivity index (χ2v) is 7.30. The van der Waals surface area contributed by atoms with Crippen LogP contribution in [0.1, 0.15) is 16.7 Å². The molecule has 0 amide bonds. The Hall–Kier alpha value is -2.86. The fourth-order valence-corrected chi connectivity index (χ4v) is 3.24. The van der Waals surface area contributed by atoms with Crippen molar-refractivity contribution in [3.05, 3.63) is 71.4 Å². The Labute approximate surface area is 162 Å². The molecule has 0 atom stereocenters. The van der Waals surface area contributed by atoms with E-state index in [-0.39, 0.29) is 0 Å². The van der Waals surface area contributed by atoms with Crippen LogP contribution in [0.4, 0.5) is 5.82 Å². The van der Waals surface area contributed by atoms with Gasteiger partial charge in [-0.3, -0.25) is 0 Å². The number of nitrogens with zero attached hydrogens (tertiary/aromatic N) is 4. The van der Waals surface area contributed by atoms with E-state index in [1.54, 1.807) is 0 Å². The SMILES string of the molecule is CSc1nc(NCc2ccc(C)cc2)c2cnn(-c3ccc(C)cc3)c2n1. The maximum Gasteiger partial charge on any atom is 0.191 e. The molecule has 0 saturated carbocycles. The summed E-state index contributed by atoms with van der Waals surface area (Å²) in [5.74, 6) is 0.809. The summed E-state index contributed by atoms with van der Waals surface area (Å²) in [6.45, 7) is 4.87. The molecule has 0 radical (unpaired) electrons. The predicted octanol–water partition coefficient (Wildman–Crippen LogP) is 4.77. The number of anilines is 1. The van der Waals surface area contributed by atoms with Gasteiger partial charge >= 0.3 is 0 Å². The summed E-state index contributed by atoms with van der Waals surface area (Å²) in [4.78, 5) is 9.35. The lowest BCUT2D eigenvalue weighted by molar-refractivity contribution is 0.876. The minimum absolute atomic E-state index is 0.704. The summed E-state index contributed by atoms with van der Waals surface area (Å²) in [5, 5.41) is 9.66. The van der Waals surface area contributed by atoms with Crippen LogP contribution in [-0.2, 0) is 6.54 Å². The Morgan fingerprint density at radius 1 is 0.926 bits per heavy atom. The lowest BCUT2D eigenvalue weighted by Crippen LogP contribution is -2.05. The lowest BCUT2D eigenvalue weighted by Gasteiger charge is -2.09. The van der Waals surface area contributed by atoms with Crippen LogP contribution in [0.5, 0.6) is 0 Å². The van der Waals surface area contributed by atoms with Crippen LogP contribution in [0.2, 0.25) is 0 Å². The number of nitrogens with one attached hydrogen (secondary N) is 1. The molecule has 27 heavy (non-hydrogen) atoms. The van der Waals surface area contributed by atoms with Gasteiger partial charge in [-0.2, -0.15) is 5.10 Å². The highest BCUT2D eigenvalue weighted by molar-refractivity contribution is 7.98. The van der Waals surface area contributed by atoms with Crippen LogP contribution in [0, 0.1) is 13.8 Å². The first-order valence-electron chi connectivity index (χ1n) is 8.80. The first-order chi connectivity index (χ1) is 13.1. The third kappa shape index (κ3) is 3.66. The minimum atomic E-state index is 0.704. The molecule has 2 heterocycles. The van der Waals surface area contributed by atoms with E-state index >= 15 is 0 Å². The Bertz CT molecular complexity index is 1070. The molecular formula is C21H21N5S. The smallest absolute Gasteiger partial charge is 0.191 e. The van der Waals surface area contributed by atoms with Crippen molar-refractivity contribution in [2.45, 2.75) is 25.5 Å². The zero-order valence-electron chi connectivity index (χ0n) is 15.6. The van der Waals surface area contributed by atoms with E-state index in [9.17, 15) is 0 Å². The normalized spacial score (nSPS) is 11.1. The fraction of sp³-hybridized carbons (Fsp3) is 0.190. The van der Waals surface area contributed by atoms with E-state index in [0.717, 1.165) is 27.7 Å². The minimum Gasteiger partial charge on any atom is -0.365 e. The summed E-state index contributed by atoms with van der Waals surface area (Å²) in [5.41, 5.74) is 5.49.